The summed E-state index contributed by atoms with van der Waals surface area (Å²) >= 11 is 1.41. The van der Waals surface area contributed by atoms with Crippen LogP contribution in [0.4, 0.5) is 0 Å². The molecular formula is C24H29N5O2S. The third kappa shape index (κ3) is 5.14. The third-order valence-corrected chi connectivity index (χ3v) is 6.73. The summed E-state index contributed by atoms with van der Waals surface area (Å²) < 4.78 is 7.39. The number of rotatable bonds is 9. The normalized spacial score (nSPS) is 17.4. The Kier molecular flexibility index (Phi) is 7.12. The van der Waals surface area contributed by atoms with Crippen LogP contribution in [-0.2, 0) is 17.9 Å². The van der Waals surface area contributed by atoms with E-state index >= 15 is 0 Å². The number of thioether (sulfide) groups is 1. The minimum atomic E-state index is -0.288. The Morgan fingerprint density at radius 1 is 1.34 bits per heavy atom. The number of carbonyl (C=O) groups is 1. The fourth-order valence-corrected chi connectivity index (χ4v) is 4.82. The summed E-state index contributed by atoms with van der Waals surface area (Å²) in [5, 5.41) is 12.3. The first kappa shape index (κ1) is 22.4. The van der Waals surface area contributed by atoms with Crippen LogP contribution in [0, 0.1) is 6.92 Å². The van der Waals surface area contributed by atoms with Crippen LogP contribution in [0.25, 0.3) is 11.4 Å². The van der Waals surface area contributed by atoms with Gasteiger partial charge in [-0.2, -0.15) is 0 Å². The highest BCUT2D eigenvalue weighted by atomic mass is 32.2. The second kappa shape index (κ2) is 10.2. The molecule has 168 valence electrons. The first-order chi connectivity index (χ1) is 15.5. The van der Waals surface area contributed by atoms with Gasteiger partial charge < -0.3 is 9.73 Å². The largest absolute Gasteiger partial charge is 0.469 e. The average Bonchev–Trinajstić information content (AvgIpc) is 3.50. The monoisotopic (exact) mass is 451 g/mol. The molecule has 2 unspecified atom stereocenters. The number of nitrogens with zero attached hydrogens (tertiary/aromatic N) is 4. The fourth-order valence-electron chi connectivity index (χ4n) is 3.95. The Morgan fingerprint density at radius 2 is 2.16 bits per heavy atom. The van der Waals surface area contributed by atoms with Gasteiger partial charge in [-0.3, -0.25) is 14.3 Å². The predicted octanol–water partition coefficient (Wildman–Crippen LogP) is 3.90. The van der Waals surface area contributed by atoms with Gasteiger partial charge >= 0.3 is 0 Å². The van der Waals surface area contributed by atoms with Crippen LogP contribution in [-0.4, -0.2) is 50.0 Å². The van der Waals surface area contributed by atoms with Gasteiger partial charge in [-0.1, -0.05) is 48.2 Å². The molecule has 2 aromatic heterocycles. The van der Waals surface area contributed by atoms with Crippen molar-refractivity contribution < 1.29 is 9.21 Å². The van der Waals surface area contributed by atoms with Crippen molar-refractivity contribution >= 4 is 17.7 Å². The molecule has 0 aliphatic carbocycles. The van der Waals surface area contributed by atoms with Crippen LogP contribution < -0.4 is 5.32 Å². The SMILES string of the molecule is C=CCn1c(SC(C)C(=O)NC2CCN(Cc3ccccc3)C2)nnc1-c1ccoc1C. The quantitative estimate of drug-likeness (QED) is 0.393. The molecule has 7 nitrogen and oxygen atoms in total. The van der Waals surface area contributed by atoms with Gasteiger partial charge in [0.15, 0.2) is 11.0 Å². The number of aryl methyl sites for hydroxylation is 1. The van der Waals surface area contributed by atoms with E-state index in [1.54, 1.807) is 12.3 Å². The maximum absolute atomic E-state index is 12.9. The molecule has 1 saturated heterocycles. The van der Waals surface area contributed by atoms with Gasteiger partial charge in [-0.15, -0.1) is 16.8 Å². The highest BCUT2D eigenvalue weighted by Gasteiger charge is 2.27. The highest BCUT2D eigenvalue weighted by molar-refractivity contribution is 8.00. The zero-order valence-corrected chi connectivity index (χ0v) is 19.3. The molecule has 0 spiro atoms. The molecule has 0 bridgehead atoms. The predicted molar refractivity (Wildman–Crippen MR) is 126 cm³/mol. The summed E-state index contributed by atoms with van der Waals surface area (Å²) in [7, 11) is 0. The van der Waals surface area contributed by atoms with Gasteiger partial charge in [-0.25, -0.2) is 0 Å². The summed E-state index contributed by atoms with van der Waals surface area (Å²) in [6.45, 7) is 11.0. The zero-order chi connectivity index (χ0) is 22.5. The topological polar surface area (TPSA) is 76.2 Å². The summed E-state index contributed by atoms with van der Waals surface area (Å²) in [4.78, 5) is 15.3. The van der Waals surface area contributed by atoms with Crippen LogP contribution in [0.15, 0.2) is 64.9 Å². The first-order valence-corrected chi connectivity index (χ1v) is 11.7. The second-order valence-corrected chi connectivity index (χ2v) is 9.38. The van der Waals surface area contributed by atoms with Crippen molar-refractivity contribution in [1.82, 2.24) is 25.0 Å². The van der Waals surface area contributed by atoms with Crippen molar-refractivity contribution in [2.45, 2.75) is 49.8 Å². The van der Waals surface area contributed by atoms with E-state index in [0.717, 1.165) is 43.2 Å². The summed E-state index contributed by atoms with van der Waals surface area (Å²) in [6, 6.07) is 12.5. The van der Waals surface area contributed by atoms with Crippen molar-refractivity contribution in [3.05, 3.63) is 66.6 Å². The van der Waals surface area contributed by atoms with Gasteiger partial charge in [-0.05, 0) is 31.9 Å². The molecule has 3 aromatic rings. The summed E-state index contributed by atoms with van der Waals surface area (Å²) in [5.41, 5.74) is 2.20. The number of benzene rings is 1. The molecule has 2 atom stereocenters. The van der Waals surface area contributed by atoms with E-state index in [1.807, 2.05) is 30.5 Å². The van der Waals surface area contributed by atoms with E-state index in [4.69, 9.17) is 4.42 Å². The minimum Gasteiger partial charge on any atom is -0.469 e. The number of nitrogens with one attached hydrogen (secondary N) is 1. The first-order valence-electron chi connectivity index (χ1n) is 10.9. The smallest absolute Gasteiger partial charge is 0.233 e. The van der Waals surface area contributed by atoms with Crippen molar-refractivity contribution in [2.24, 2.45) is 0 Å². The Morgan fingerprint density at radius 3 is 2.88 bits per heavy atom. The van der Waals surface area contributed by atoms with E-state index in [1.165, 1.54) is 17.3 Å². The van der Waals surface area contributed by atoms with Gasteiger partial charge in [0.05, 0.1) is 17.1 Å². The van der Waals surface area contributed by atoms with Crippen LogP contribution in [0.5, 0.6) is 0 Å². The number of furan rings is 1. The molecule has 1 aliphatic rings. The van der Waals surface area contributed by atoms with Crippen LogP contribution >= 0.6 is 11.8 Å². The molecule has 3 heterocycles. The van der Waals surface area contributed by atoms with Crippen molar-refractivity contribution in [3.8, 4) is 11.4 Å². The maximum atomic E-state index is 12.9. The van der Waals surface area contributed by atoms with Gasteiger partial charge in [0, 0.05) is 32.2 Å². The molecule has 1 aromatic carbocycles. The van der Waals surface area contributed by atoms with E-state index in [9.17, 15) is 4.79 Å². The minimum absolute atomic E-state index is 0.0238. The lowest BCUT2D eigenvalue weighted by Crippen LogP contribution is -2.40. The summed E-state index contributed by atoms with van der Waals surface area (Å²) in [6.07, 6.45) is 4.41. The lowest BCUT2D eigenvalue weighted by atomic mass is 10.2. The molecule has 4 rings (SSSR count). The Balaban J connectivity index is 1.35. The van der Waals surface area contributed by atoms with E-state index in [-0.39, 0.29) is 17.2 Å². The molecule has 0 saturated carbocycles. The van der Waals surface area contributed by atoms with E-state index in [0.29, 0.717) is 11.7 Å². The Labute approximate surface area is 192 Å². The molecule has 1 amide bonds. The zero-order valence-electron chi connectivity index (χ0n) is 18.5. The molecule has 0 radical (unpaired) electrons. The van der Waals surface area contributed by atoms with Gasteiger partial charge in [0.25, 0.3) is 0 Å². The lowest BCUT2D eigenvalue weighted by molar-refractivity contribution is -0.120. The molecule has 1 fully saturated rings. The van der Waals surface area contributed by atoms with E-state index in [2.05, 4.69) is 51.3 Å². The average molecular weight is 452 g/mol. The molecule has 8 heteroatoms. The number of allylic oxidation sites excluding steroid dienone is 1. The Bertz CT molecular complexity index is 1060. The van der Waals surface area contributed by atoms with Crippen LogP contribution in [0.3, 0.4) is 0 Å². The number of carbonyl (C=O) groups excluding carboxylic acids is 1. The fraction of sp³-hybridized carbons (Fsp3) is 0.375. The number of amides is 1. The highest BCUT2D eigenvalue weighted by Crippen LogP contribution is 2.29. The molecule has 1 N–H and O–H groups in total. The number of aromatic nitrogens is 3. The third-order valence-electron chi connectivity index (χ3n) is 5.65. The number of likely N-dealkylation sites (tertiary alicyclic amines) is 1. The van der Waals surface area contributed by atoms with Crippen LogP contribution in [0.1, 0.15) is 24.7 Å². The maximum Gasteiger partial charge on any atom is 0.233 e. The number of hydrogen-bond acceptors (Lipinski definition) is 6. The lowest BCUT2D eigenvalue weighted by Gasteiger charge is -2.18. The van der Waals surface area contributed by atoms with Crippen molar-refractivity contribution in [1.29, 1.82) is 0 Å². The molecular weight excluding hydrogens is 422 g/mol. The van der Waals surface area contributed by atoms with Gasteiger partial charge in [0.1, 0.15) is 5.76 Å². The van der Waals surface area contributed by atoms with Gasteiger partial charge in [0.2, 0.25) is 5.91 Å². The van der Waals surface area contributed by atoms with E-state index < -0.39 is 0 Å². The van der Waals surface area contributed by atoms with Crippen LogP contribution in [0.2, 0.25) is 0 Å². The summed E-state index contributed by atoms with van der Waals surface area (Å²) in [5.74, 6) is 1.53. The standard InChI is InChI=1S/C24H29N5O2S/c1-4-12-29-22(21-11-14-31-17(21)2)26-27-24(29)32-18(3)23(30)25-20-10-13-28(16-20)15-19-8-6-5-7-9-19/h4-9,11,14,18,20H,1,10,12-13,15-16H2,2-3H3,(H,25,30). The molecule has 32 heavy (non-hydrogen) atoms. The van der Waals surface area contributed by atoms with Crippen molar-refractivity contribution in [3.63, 3.8) is 0 Å². The molecule has 1 aliphatic heterocycles. The Hall–Kier alpha value is -2.84. The van der Waals surface area contributed by atoms with Crippen molar-refractivity contribution in [2.75, 3.05) is 13.1 Å². The second-order valence-electron chi connectivity index (χ2n) is 8.07. The number of hydrogen-bond donors (Lipinski definition) is 1.